The van der Waals surface area contributed by atoms with Gasteiger partial charge in [-0.1, -0.05) is 51.2 Å². The number of hydrogen-bond acceptors (Lipinski definition) is 2. The number of primary amides is 1. The zero-order valence-corrected chi connectivity index (χ0v) is 11.9. The first-order valence-corrected chi connectivity index (χ1v) is 7.22. The lowest BCUT2D eigenvalue weighted by Crippen LogP contribution is -2.13. The summed E-state index contributed by atoms with van der Waals surface area (Å²) in [4.78, 5) is 10.8. The van der Waals surface area contributed by atoms with Gasteiger partial charge in [0, 0.05) is 0 Å². The number of carbonyl (C=O) groups is 1. The monoisotopic (exact) mass is 263 g/mol. The fourth-order valence-corrected chi connectivity index (χ4v) is 1.98. The molecule has 0 saturated heterocycles. The smallest absolute Gasteiger partial charge is 0.221 e. The van der Waals surface area contributed by atoms with Crippen molar-refractivity contribution in [2.45, 2.75) is 51.9 Å². The number of amides is 1. The Morgan fingerprint density at radius 1 is 1.05 bits per heavy atom. The molecule has 0 unspecified atom stereocenters. The van der Waals surface area contributed by atoms with E-state index in [4.69, 9.17) is 10.5 Å². The third-order valence-corrected chi connectivity index (χ3v) is 3.07. The summed E-state index contributed by atoms with van der Waals surface area (Å²) in [6.07, 6.45) is 7.88. The van der Waals surface area contributed by atoms with E-state index in [2.05, 4.69) is 6.92 Å². The van der Waals surface area contributed by atoms with Crippen molar-refractivity contribution in [3.05, 3.63) is 29.8 Å². The van der Waals surface area contributed by atoms with Gasteiger partial charge in [0.25, 0.3) is 0 Å². The molecule has 19 heavy (non-hydrogen) atoms. The molecule has 1 aromatic carbocycles. The molecule has 0 saturated carbocycles. The van der Waals surface area contributed by atoms with E-state index in [9.17, 15) is 4.79 Å². The third-order valence-electron chi connectivity index (χ3n) is 3.07. The molecule has 1 rings (SSSR count). The fraction of sp³-hybridized carbons (Fsp3) is 0.562. The van der Waals surface area contributed by atoms with Crippen LogP contribution in [0.5, 0.6) is 5.75 Å². The average molecular weight is 263 g/mol. The molecular formula is C16H25NO2. The van der Waals surface area contributed by atoms with Crippen LogP contribution in [0.15, 0.2) is 24.3 Å². The van der Waals surface area contributed by atoms with Crippen LogP contribution in [0.1, 0.15) is 51.0 Å². The van der Waals surface area contributed by atoms with Gasteiger partial charge in [0.1, 0.15) is 5.75 Å². The summed E-state index contributed by atoms with van der Waals surface area (Å²) in [5.41, 5.74) is 6.07. The van der Waals surface area contributed by atoms with Crippen LogP contribution >= 0.6 is 0 Å². The van der Waals surface area contributed by atoms with E-state index in [0.717, 1.165) is 24.3 Å². The standard InChI is InChI=1S/C16H25NO2/c1-2-3-4-5-6-7-12-19-15-10-8-14(9-11-15)13-16(17)18/h8-11H,2-7,12-13H2,1H3,(H2,17,18). The minimum atomic E-state index is -0.305. The van der Waals surface area contributed by atoms with Gasteiger partial charge in [-0.05, 0) is 24.1 Å². The second-order valence-corrected chi connectivity index (χ2v) is 4.90. The summed E-state index contributed by atoms with van der Waals surface area (Å²) < 4.78 is 5.66. The van der Waals surface area contributed by atoms with Crippen molar-refractivity contribution in [2.75, 3.05) is 6.61 Å². The number of carbonyl (C=O) groups excluding carboxylic acids is 1. The van der Waals surface area contributed by atoms with Gasteiger partial charge in [0.2, 0.25) is 5.91 Å². The largest absolute Gasteiger partial charge is 0.494 e. The molecule has 0 aliphatic heterocycles. The number of unbranched alkanes of at least 4 members (excludes halogenated alkanes) is 5. The summed E-state index contributed by atoms with van der Waals surface area (Å²) >= 11 is 0. The number of nitrogens with two attached hydrogens (primary N) is 1. The molecule has 3 heteroatoms. The normalized spacial score (nSPS) is 10.4. The van der Waals surface area contributed by atoms with E-state index >= 15 is 0 Å². The Hall–Kier alpha value is -1.51. The van der Waals surface area contributed by atoms with Crippen LogP contribution in [0, 0.1) is 0 Å². The van der Waals surface area contributed by atoms with E-state index in [-0.39, 0.29) is 12.3 Å². The molecule has 1 aromatic rings. The molecule has 0 fully saturated rings. The van der Waals surface area contributed by atoms with Gasteiger partial charge in [-0.15, -0.1) is 0 Å². The second kappa shape index (κ2) is 9.42. The molecule has 0 spiro atoms. The van der Waals surface area contributed by atoms with Crippen LogP contribution in [-0.4, -0.2) is 12.5 Å². The van der Waals surface area contributed by atoms with Crippen LogP contribution in [0.2, 0.25) is 0 Å². The maximum atomic E-state index is 10.8. The SMILES string of the molecule is CCCCCCCCOc1ccc(CC(N)=O)cc1. The molecule has 0 aliphatic carbocycles. The second-order valence-electron chi connectivity index (χ2n) is 4.90. The van der Waals surface area contributed by atoms with Gasteiger partial charge in [-0.2, -0.15) is 0 Å². The van der Waals surface area contributed by atoms with Gasteiger partial charge in [0.05, 0.1) is 13.0 Å². The van der Waals surface area contributed by atoms with E-state index in [1.807, 2.05) is 24.3 Å². The molecule has 1 amide bonds. The zero-order chi connectivity index (χ0) is 13.9. The van der Waals surface area contributed by atoms with Crippen LogP contribution in [0.4, 0.5) is 0 Å². The number of rotatable bonds is 10. The lowest BCUT2D eigenvalue weighted by molar-refractivity contribution is -0.117. The first-order chi connectivity index (χ1) is 9.22. The highest BCUT2D eigenvalue weighted by Crippen LogP contribution is 2.13. The summed E-state index contributed by atoms with van der Waals surface area (Å²) in [7, 11) is 0. The average Bonchev–Trinajstić information content (AvgIpc) is 2.39. The van der Waals surface area contributed by atoms with Crippen molar-refractivity contribution >= 4 is 5.91 Å². The highest BCUT2D eigenvalue weighted by molar-refractivity contribution is 5.76. The van der Waals surface area contributed by atoms with E-state index < -0.39 is 0 Å². The molecule has 0 radical (unpaired) electrons. The Morgan fingerprint density at radius 2 is 1.68 bits per heavy atom. The molecular weight excluding hydrogens is 238 g/mol. The van der Waals surface area contributed by atoms with Gasteiger partial charge in [0.15, 0.2) is 0 Å². The van der Waals surface area contributed by atoms with E-state index in [1.54, 1.807) is 0 Å². The first-order valence-electron chi connectivity index (χ1n) is 7.22. The van der Waals surface area contributed by atoms with Crippen molar-refractivity contribution in [2.24, 2.45) is 5.73 Å². The van der Waals surface area contributed by atoms with Crippen LogP contribution in [0.3, 0.4) is 0 Å². The summed E-state index contributed by atoms with van der Waals surface area (Å²) in [5, 5.41) is 0. The predicted octanol–water partition coefficient (Wildman–Crippen LogP) is 3.45. The first kappa shape index (κ1) is 15.5. The molecule has 0 bridgehead atoms. The number of benzene rings is 1. The van der Waals surface area contributed by atoms with Gasteiger partial charge >= 0.3 is 0 Å². The summed E-state index contributed by atoms with van der Waals surface area (Å²) in [5.74, 6) is 0.558. The minimum absolute atomic E-state index is 0.289. The number of ether oxygens (including phenoxy) is 1. The molecule has 0 heterocycles. The van der Waals surface area contributed by atoms with Gasteiger partial charge in [-0.3, -0.25) is 4.79 Å². The lowest BCUT2D eigenvalue weighted by Gasteiger charge is -2.06. The molecule has 0 aliphatic rings. The molecule has 106 valence electrons. The Labute approximate surface area is 116 Å². The van der Waals surface area contributed by atoms with Crippen LogP contribution in [-0.2, 0) is 11.2 Å². The Bertz CT molecular complexity index is 360. The maximum Gasteiger partial charge on any atom is 0.221 e. The quantitative estimate of drug-likeness (QED) is 0.657. The van der Waals surface area contributed by atoms with Gasteiger partial charge < -0.3 is 10.5 Å². The van der Waals surface area contributed by atoms with Gasteiger partial charge in [-0.25, -0.2) is 0 Å². The van der Waals surface area contributed by atoms with Crippen molar-refractivity contribution in [3.8, 4) is 5.75 Å². The van der Waals surface area contributed by atoms with Crippen molar-refractivity contribution < 1.29 is 9.53 Å². The topological polar surface area (TPSA) is 52.3 Å². The Kier molecular flexibility index (Phi) is 7.71. The highest BCUT2D eigenvalue weighted by atomic mass is 16.5. The van der Waals surface area contributed by atoms with E-state index in [0.29, 0.717) is 0 Å². The fourth-order valence-electron chi connectivity index (χ4n) is 1.98. The van der Waals surface area contributed by atoms with Crippen LogP contribution < -0.4 is 10.5 Å². The lowest BCUT2D eigenvalue weighted by atomic mass is 10.1. The summed E-state index contributed by atoms with van der Waals surface area (Å²) in [6.45, 7) is 2.99. The molecule has 0 atom stereocenters. The predicted molar refractivity (Wildman–Crippen MR) is 78.2 cm³/mol. The van der Waals surface area contributed by atoms with Crippen LogP contribution in [0.25, 0.3) is 0 Å². The summed E-state index contributed by atoms with van der Waals surface area (Å²) in [6, 6.07) is 7.58. The maximum absolute atomic E-state index is 10.8. The molecule has 2 N–H and O–H groups in total. The minimum Gasteiger partial charge on any atom is -0.494 e. The number of hydrogen-bond donors (Lipinski definition) is 1. The molecule has 3 nitrogen and oxygen atoms in total. The van der Waals surface area contributed by atoms with Crippen molar-refractivity contribution in [3.63, 3.8) is 0 Å². The molecule has 0 aromatic heterocycles. The van der Waals surface area contributed by atoms with Crippen molar-refractivity contribution in [1.82, 2.24) is 0 Å². The highest BCUT2D eigenvalue weighted by Gasteiger charge is 1.99. The van der Waals surface area contributed by atoms with Crippen molar-refractivity contribution in [1.29, 1.82) is 0 Å². The third kappa shape index (κ3) is 7.50. The van der Waals surface area contributed by atoms with E-state index in [1.165, 1.54) is 32.1 Å². The Morgan fingerprint density at radius 3 is 2.32 bits per heavy atom. The Balaban J connectivity index is 2.14. The zero-order valence-electron chi connectivity index (χ0n) is 11.9.